The van der Waals surface area contributed by atoms with Gasteiger partial charge >= 0.3 is 0 Å². The van der Waals surface area contributed by atoms with Crippen LogP contribution in [0.5, 0.6) is 5.75 Å². The predicted molar refractivity (Wildman–Crippen MR) is 49.1 cm³/mol. The smallest absolute Gasteiger partial charge is 0.168 e. The van der Waals surface area contributed by atoms with Crippen LogP contribution in [0.1, 0.15) is 18.4 Å². The Bertz CT molecular complexity index is 403. The van der Waals surface area contributed by atoms with Crippen LogP contribution in [-0.2, 0) is 5.54 Å². The highest BCUT2D eigenvalue weighted by atomic mass is 19.1. The Hall–Kier alpha value is -1.20. The van der Waals surface area contributed by atoms with Gasteiger partial charge in [0.15, 0.2) is 11.6 Å². The van der Waals surface area contributed by atoms with Gasteiger partial charge in [0.05, 0.1) is 6.10 Å². The number of rotatable bonds is 1. The molecule has 1 fully saturated rings. The minimum Gasteiger partial charge on any atom is -0.505 e. The van der Waals surface area contributed by atoms with E-state index in [2.05, 4.69) is 0 Å². The van der Waals surface area contributed by atoms with E-state index in [1.54, 1.807) is 0 Å². The fourth-order valence-electron chi connectivity index (χ4n) is 1.95. The van der Waals surface area contributed by atoms with Crippen LogP contribution in [0.2, 0.25) is 0 Å². The molecule has 0 bridgehead atoms. The molecule has 0 unspecified atom stereocenters. The SMILES string of the molecule is NC1(c2cc(F)cc(F)c2O)CC(O)C1. The van der Waals surface area contributed by atoms with Crippen molar-refractivity contribution in [3.63, 3.8) is 0 Å². The summed E-state index contributed by atoms with van der Waals surface area (Å²) in [5, 5.41) is 18.5. The second-order valence-corrected chi connectivity index (χ2v) is 4.00. The third kappa shape index (κ3) is 1.57. The molecule has 5 heteroatoms. The van der Waals surface area contributed by atoms with Gasteiger partial charge in [0, 0.05) is 17.2 Å². The number of nitrogens with two attached hydrogens (primary N) is 1. The topological polar surface area (TPSA) is 66.5 Å². The molecule has 1 saturated carbocycles. The van der Waals surface area contributed by atoms with Crippen molar-refractivity contribution in [1.82, 2.24) is 0 Å². The molecule has 0 amide bonds. The Labute approximate surface area is 85.1 Å². The summed E-state index contributed by atoms with van der Waals surface area (Å²) in [6.07, 6.45) is -0.173. The zero-order chi connectivity index (χ0) is 11.2. The molecule has 82 valence electrons. The zero-order valence-corrected chi connectivity index (χ0v) is 7.87. The van der Waals surface area contributed by atoms with E-state index in [4.69, 9.17) is 10.8 Å². The molecule has 1 aliphatic rings. The van der Waals surface area contributed by atoms with Crippen molar-refractivity contribution < 1.29 is 19.0 Å². The van der Waals surface area contributed by atoms with Gasteiger partial charge in [0.1, 0.15) is 5.82 Å². The number of benzene rings is 1. The minimum atomic E-state index is -1.03. The van der Waals surface area contributed by atoms with Gasteiger partial charge in [0.25, 0.3) is 0 Å². The van der Waals surface area contributed by atoms with Gasteiger partial charge in [0.2, 0.25) is 0 Å². The van der Waals surface area contributed by atoms with Crippen LogP contribution >= 0.6 is 0 Å². The first-order valence-electron chi connectivity index (χ1n) is 4.58. The van der Waals surface area contributed by atoms with E-state index in [1.165, 1.54) is 0 Å². The number of aromatic hydroxyl groups is 1. The highest BCUT2D eigenvalue weighted by molar-refractivity contribution is 5.41. The van der Waals surface area contributed by atoms with Crippen LogP contribution in [0.4, 0.5) is 8.78 Å². The van der Waals surface area contributed by atoms with Crippen molar-refractivity contribution >= 4 is 0 Å². The lowest BCUT2D eigenvalue weighted by molar-refractivity contribution is 0.0195. The minimum absolute atomic E-state index is 0.0188. The highest BCUT2D eigenvalue weighted by Crippen LogP contribution is 2.43. The lowest BCUT2D eigenvalue weighted by atomic mass is 9.70. The third-order valence-electron chi connectivity index (χ3n) is 2.76. The molecule has 2 rings (SSSR count). The first kappa shape index (κ1) is 10.3. The number of aliphatic hydroxyl groups excluding tert-OH is 1. The van der Waals surface area contributed by atoms with E-state index in [0.717, 1.165) is 6.07 Å². The van der Waals surface area contributed by atoms with Crippen molar-refractivity contribution in [3.8, 4) is 5.75 Å². The maximum Gasteiger partial charge on any atom is 0.168 e. The summed E-state index contributed by atoms with van der Waals surface area (Å²) in [5.74, 6) is -2.45. The first-order valence-corrected chi connectivity index (χ1v) is 4.58. The molecule has 0 aromatic heterocycles. The molecule has 0 atom stereocenters. The van der Waals surface area contributed by atoms with Gasteiger partial charge in [-0.3, -0.25) is 0 Å². The summed E-state index contributed by atoms with van der Waals surface area (Å²) in [6.45, 7) is 0. The second-order valence-electron chi connectivity index (χ2n) is 4.00. The third-order valence-corrected chi connectivity index (χ3v) is 2.76. The summed E-state index contributed by atoms with van der Waals surface area (Å²) in [7, 11) is 0. The molecular formula is C10H11F2NO2. The molecule has 15 heavy (non-hydrogen) atoms. The van der Waals surface area contributed by atoms with Crippen LogP contribution in [0.25, 0.3) is 0 Å². The fourth-order valence-corrected chi connectivity index (χ4v) is 1.95. The zero-order valence-electron chi connectivity index (χ0n) is 7.87. The number of hydrogen-bond acceptors (Lipinski definition) is 3. The number of phenolic OH excluding ortho intramolecular Hbond substituents is 1. The second kappa shape index (κ2) is 3.15. The maximum absolute atomic E-state index is 13.0. The normalized spacial score (nSPS) is 30.0. The average Bonchev–Trinajstić information content (AvgIpc) is 2.08. The molecule has 0 aliphatic heterocycles. The molecule has 0 spiro atoms. The standard InChI is InChI=1S/C10H11F2NO2/c11-5-1-7(9(15)8(12)2-5)10(13)3-6(14)4-10/h1-2,6,14-15H,3-4,13H2. The molecule has 0 heterocycles. The summed E-state index contributed by atoms with van der Waals surface area (Å²) in [5.41, 5.74) is 4.80. The Morgan fingerprint density at radius 1 is 1.33 bits per heavy atom. The molecule has 1 aromatic carbocycles. The highest BCUT2D eigenvalue weighted by Gasteiger charge is 2.43. The molecule has 4 N–H and O–H groups in total. The molecule has 0 radical (unpaired) electrons. The summed E-state index contributed by atoms with van der Waals surface area (Å²) in [4.78, 5) is 0. The largest absolute Gasteiger partial charge is 0.505 e. The monoisotopic (exact) mass is 215 g/mol. The van der Waals surface area contributed by atoms with Crippen molar-refractivity contribution in [2.75, 3.05) is 0 Å². The number of phenols is 1. The van der Waals surface area contributed by atoms with Crippen molar-refractivity contribution in [2.45, 2.75) is 24.5 Å². The van der Waals surface area contributed by atoms with E-state index in [1.807, 2.05) is 0 Å². The van der Waals surface area contributed by atoms with Crippen LogP contribution in [-0.4, -0.2) is 16.3 Å². The Balaban J connectivity index is 2.44. The van der Waals surface area contributed by atoms with E-state index < -0.39 is 29.0 Å². The summed E-state index contributed by atoms with van der Waals surface area (Å²) in [6, 6.07) is 1.60. The average molecular weight is 215 g/mol. The van der Waals surface area contributed by atoms with Crippen LogP contribution in [0.15, 0.2) is 12.1 Å². The van der Waals surface area contributed by atoms with E-state index >= 15 is 0 Å². The number of halogens is 2. The van der Waals surface area contributed by atoms with Gasteiger partial charge in [-0.1, -0.05) is 0 Å². The maximum atomic E-state index is 13.0. The van der Waals surface area contributed by atoms with E-state index in [-0.39, 0.29) is 18.4 Å². The summed E-state index contributed by atoms with van der Waals surface area (Å²) < 4.78 is 25.9. The van der Waals surface area contributed by atoms with Gasteiger partial charge in [-0.25, -0.2) is 8.78 Å². The predicted octanol–water partition coefficient (Wildman–Crippen LogP) is 0.979. The lowest BCUT2D eigenvalue weighted by Crippen LogP contribution is -2.51. The number of hydrogen-bond donors (Lipinski definition) is 3. The van der Waals surface area contributed by atoms with E-state index in [0.29, 0.717) is 6.07 Å². The molecule has 1 aromatic rings. The fraction of sp³-hybridized carbons (Fsp3) is 0.400. The lowest BCUT2D eigenvalue weighted by Gasteiger charge is -2.42. The van der Waals surface area contributed by atoms with Crippen molar-refractivity contribution in [1.29, 1.82) is 0 Å². The van der Waals surface area contributed by atoms with Gasteiger partial charge in [-0.05, 0) is 18.9 Å². The molecule has 0 saturated heterocycles. The van der Waals surface area contributed by atoms with Gasteiger partial charge in [-0.2, -0.15) is 0 Å². The van der Waals surface area contributed by atoms with Gasteiger partial charge < -0.3 is 15.9 Å². The van der Waals surface area contributed by atoms with E-state index in [9.17, 15) is 13.9 Å². The summed E-state index contributed by atoms with van der Waals surface area (Å²) >= 11 is 0. The molecule has 1 aliphatic carbocycles. The quantitative estimate of drug-likeness (QED) is 0.654. The van der Waals surface area contributed by atoms with Crippen LogP contribution in [0.3, 0.4) is 0 Å². The Morgan fingerprint density at radius 2 is 1.93 bits per heavy atom. The Morgan fingerprint density at radius 3 is 2.47 bits per heavy atom. The number of aliphatic hydroxyl groups is 1. The van der Waals surface area contributed by atoms with Gasteiger partial charge in [-0.15, -0.1) is 0 Å². The first-order chi connectivity index (χ1) is 6.92. The van der Waals surface area contributed by atoms with Crippen LogP contribution in [0, 0.1) is 11.6 Å². The molecule has 3 nitrogen and oxygen atoms in total. The van der Waals surface area contributed by atoms with Crippen LogP contribution < -0.4 is 5.73 Å². The molecular weight excluding hydrogens is 204 g/mol. The Kier molecular flexibility index (Phi) is 2.17. The van der Waals surface area contributed by atoms with Crippen molar-refractivity contribution in [3.05, 3.63) is 29.3 Å². The van der Waals surface area contributed by atoms with Crippen molar-refractivity contribution in [2.24, 2.45) is 5.73 Å².